The Hall–Kier alpha value is -0.120. The molecule has 0 amide bonds. The summed E-state index contributed by atoms with van der Waals surface area (Å²) in [6, 6.07) is 1.35. The zero-order valence-electron chi connectivity index (χ0n) is 9.71. The van der Waals surface area contributed by atoms with Gasteiger partial charge in [-0.1, -0.05) is 6.92 Å². The van der Waals surface area contributed by atoms with Crippen molar-refractivity contribution in [1.82, 2.24) is 5.32 Å². The number of hydrogen-bond donors (Lipinski definition) is 1. The molecule has 0 bridgehead atoms. The van der Waals surface area contributed by atoms with Crippen molar-refractivity contribution in [3.05, 3.63) is 0 Å². The molecule has 0 saturated carbocycles. The molecular weight excluding hydrogens is 190 g/mol. The third-order valence-corrected chi connectivity index (χ3v) is 3.52. The number of rotatable bonds is 3. The lowest BCUT2D eigenvalue weighted by molar-refractivity contribution is -0.00632. The van der Waals surface area contributed by atoms with Gasteiger partial charge in [0.2, 0.25) is 0 Å². The van der Waals surface area contributed by atoms with Gasteiger partial charge in [0.15, 0.2) is 0 Å². The molecule has 0 spiro atoms. The minimum Gasteiger partial charge on any atom is -0.381 e. The molecule has 0 aliphatic carbocycles. The monoisotopic (exact) mass is 213 g/mol. The van der Waals surface area contributed by atoms with E-state index in [2.05, 4.69) is 12.2 Å². The minimum atomic E-state index is 0.482. The molecule has 2 atom stereocenters. The highest BCUT2D eigenvalue weighted by molar-refractivity contribution is 4.81. The third kappa shape index (κ3) is 3.44. The molecule has 2 rings (SSSR count). The lowest BCUT2D eigenvalue weighted by atomic mass is 9.99. The van der Waals surface area contributed by atoms with E-state index in [1.807, 2.05) is 0 Å². The minimum absolute atomic E-state index is 0.482. The molecule has 0 aromatic rings. The molecular formula is C12H23NO2. The standard InChI is InChI=1S/C12H23NO2/c1-2-12-9-11(5-8-15-12)13-10-3-6-14-7-4-10/h10-13H,2-9H2,1H3. The fourth-order valence-electron chi connectivity index (χ4n) is 2.51. The van der Waals surface area contributed by atoms with Gasteiger partial charge in [0.05, 0.1) is 6.10 Å². The van der Waals surface area contributed by atoms with Crippen molar-refractivity contribution in [2.75, 3.05) is 19.8 Å². The SMILES string of the molecule is CCC1CC(NC2CCOCC2)CCO1. The van der Waals surface area contributed by atoms with E-state index in [0.29, 0.717) is 18.2 Å². The molecule has 3 nitrogen and oxygen atoms in total. The first-order chi connectivity index (χ1) is 7.38. The summed E-state index contributed by atoms with van der Waals surface area (Å²) in [4.78, 5) is 0. The summed E-state index contributed by atoms with van der Waals surface area (Å²) in [6.45, 7) is 5.00. The second kappa shape index (κ2) is 5.83. The van der Waals surface area contributed by atoms with Crippen LogP contribution in [-0.2, 0) is 9.47 Å². The third-order valence-electron chi connectivity index (χ3n) is 3.52. The average molecular weight is 213 g/mol. The summed E-state index contributed by atoms with van der Waals surface area (Å²) in [5.41, 5.74) is 0. The summed E-state index contributed by atoms with van der Waals surface area (Å²) < 4.78 is 11.0. The van der Waals surface area contributed by atoms with Crippen LogP contribution in [0, 0.1) is 0 Å². The lowest BCUT2D eigenvalue weighted by Crippen LogP contribution is -2.45. The molecule has 0 aromatic heterocycles. The predicted octanol–water partition coefficient (Wildman–Crippen LogP) is 1.71. The molecule has 88 valence electrons. The van der Waals surface area contributed by atoms with Gasteiger partial charge in [-0.05, 0) is 32.1 Å². The molecule has 2 unspecified atom stereocenters. The molecule has 0 radical (unpaired) electrons. The fourth-order valence-corrected chi connectivity index (χ4v) is 2.51. The van der Waals surface area contributed by atoms with Crippen molar-refractivity contribution in [2.24, 2.45) is 0 Å². The maximum Gasteiger partial charge on any atom is 0.0587 e. The van der Waals surface area contributed by atoms with Gasteiger partial charge in [0, 0.05) is 31.9 Å². The van der Waals surface area contributed by atoms with Crippen LogP contribution in [0.1, 0.15) is 39.0 Å². The van der Waals surface area contributed by atoms with Crippen molar-refractivity contribution in [3.63, 3.8) is 0 Å². The van der Waals surface area contributed by atoms with Gasteiger partial charge in [0.25, 0.3) is 0 Å². The van der Waals surface area contributed by atoms with Crippen molar-refractivity contribution in [3.8, 4) is 0 Å². The highest BCUT2D eigenvalue weighted by Crippen LogP contribution is 2.18. The van der Waals surface area contributed by atoms with Gasteiger partial charge in [-0.25, -0.2) is 0 Å². The second-order valence-electron chi connectivity index (χ2n) is 4.68. The molecule has 2 saturated heterocycles. The molecule has 2 fully saturated rings. The van der Waals surface area contributed by atoms with E-state index in [9.17, 15) is 0 Å². The largest absolute Gasteiger partial charge is 0.381 e. The van der Waals surface area contributed by atoms with Gasteiger partial charge in [0.1, 0.15) is 0 Å². The lowest BCUT2D eigenvalue weighted by Gasteiger charge is -2.34. The Balaban J connectivity index is 1.72. The van der Waals surface area contributed by atoms with E-state index in [4.69, 9.17) is 9.47 Å². The van der Waals surface area contributed by atoms with Crippen molar-refractivity contribution in [1.29, 1.82) is 0 Å². The van der Waals surface area contributed by atoms with Gasteiger partial charge >= 0.3 is 0 Å². The van der Waals surface area contributed by atoms with Crippen LogP contribution < -0.4 is 5.32 Å². The summed E-state index contributed by atoms with van der Waals surface area (Å²) in [5, 5.41) is 3.76. The van der Waals surface area contributed by atoms with Crippen LogP contribution >= 0.6 is 0 Å². The van der Waals surface area contributed by atoms with Crippen LogP contribution in [0.25, 0.3) is 0 Å². The number of nitrogens with one attached hydrogen (secondary N) is 1. The Bertz CT molecular complexity index is 180. The van der Waals surface area contributed by atoms with Crippen LogP contribution in [-0.4, -0.2) is 38.0 Å². The molecule has 3 heteroatoms. The predicted molar refractivity (Wildman–Crippen MR) is 60.0 cm³/mol. The van der Waals surface area contributed by atoms with E-state index in [0.717, 1.165) is 26.2 Å². The van der Waals surface area contributed by atoms with Crippen LogP contribution in [0.5, 0.6) is 0 Å². The van der Waals surface area contributed by atoms with Crippen molar-refractivity contribution < 1.29 is 9.47 Å². The second-order valence-corrected chi connectivity index (χ2v) is 4.68. The average Bonchev–Trinajstić information content (AvgIpc) is 2.31. The van der Waals surface area contributed by atoms with E-state index < -0.39 is 0 Å². The van der Waals surface area contributed by atoms with E-state index >= 15 is 0 Å². The molecule has 2 aliphatic rings. The number of hydrogen-bond acceptors (Lipinski definition) is 3. The number of ether oxygens (including phenoxy) is 2. The van der Waals surface area contributed by atoms with E-state index in [1.54, 1.807) is 0 Å². The quantitative estimate of drug-likeness (QED) is 0.774. The van der Waals surface area contributed by atoms with Crippen LogP contribution in [0.15, 0.2) is 0 Å². The van der Waals surface area contributed by atoms with Crippen molar-refractivity contribution >= 4 is 0 Å². The van der Waals surface area contributed by atoms with Crippen molar-refractivity contribution in [2.45, 2.75) is 57.2 Å². The molecule has 2 aliphatic heterocycles. The normalized spacial score (nSPS) is 34.2. The Morgan fingerprint density at radius 3 is 2.53 bits per heavy atom. The van der Waals surface area contributed by atoms with Crippen LogP contribution in [0.2, 0.25) is 0 Å². The zero-order chi connectivity index (χ0) is 10.5. The van der Waals surface area contributed by atoms with Gasteiger partial charge < -0.3 is 14.8 Å². The topological polar surface area (TPSA) is 30.5 Å². The fraction of sp³-hybridized carbons (Fsp3) is 1.00. The first-order valence-corrected chi connectivity index (χ1v) is 6.34. The first kappa shape index (κ1) is 11.4. The summed E-state index contributed by atoms with van der Waals surface area (Å²) >= 11 is 0. The van der Waals surface area contributed by atoms with Gasteiger partial charge in [-0.15, -0.1) is 0 Å². The molecule has 0 aromatic carbocycles. The highest BCUT2D eigenvalue weighted by Gasteiger charge is 2.24. The highest BCUT2D eigenvalue weighted by atomic mass is 16.5. The maximum absolute atomic E-state index is 5.68. The Labute approximate surface area is 92.5 Å². The van der Waals surface area contributed by atoms with E-state index in [1.165, 1.54) is 25.7 Å². The summed E-state index contributed by atoms with van der Waals surface area (Å²) in [5.74, 6) is 0. The molecule has 2 heterocycles. The Kier molecular flexibility index (Phi) is 4.42. The van der Waals surface area contributed by atoms with Crippen LogP contribution in [0.3, 0.4) is 0 Å². The smallest absolute Gasteiger partial charge is 0.0587 e. The van der Waals surface area contributed by atoms with Gasteiger partial charge in [-0.3, -0.25) is 0 Å². The summed E-state index contributed by atoms with van der Waals surface area (Å²) in [6.07, 6.45) is 6.34. The molecule has 1 N–H and O–H groups in total. The van der Waals surface area contributed by atoms with Crippen LogP contribution in [0.4, 0.5) is 0 Å². The maximum atomic E-state index is 5.68. The zero-order valence-corrected chi connectivity index (χ0v) is 9.71. The Morgan fingerprint density at radius 1 is 1.07 bits per heavy atom. The first-order valence-electron chi connectivity index (χ1n) is 6.34. The van der Waals surface area contributed by atoms with Gasteiger partial charge in [-0.2, -0.15) is 0 Å². The Morgan fingerprint density at radius 2 is 1.80 bits per heavy atom. The summed E-state index contributed by atoms with van der Waals surface area (Å²) in [7, 11) is 0. The molecule has 15 heavy (non-hydrogen) atoms. The van der Waals surface area contributed by atoms with E-state index in [-0.39, 0.29) is 0 Å².